The summed E-state index contributed by atoms with van der Waals surface area (Å²) in [5.41, 5.74) is 3.54. The van der Waals surface area contributed by atoms with Crippen LogP contribution in [0.2, 0.25) is 0 Å². The Kier molecular flexibility index (Phi) is 5.34. The van der Waals surface area contributed by atoms with Crippen molar-refractivity contribution in [2.24, 2.45) is 0 Å². The molecule has 2 aromatic rings. The number of nitrogens with zero attached hydrogens (tertiary/aromatic N) is 1. The number of halogens is 1. The summed E-state index contributed by atoms with van der Waals surface area (Å²) in [4.78, 5) is 15.7. The number of amides is 1. The molecule has 0 saturated heterocycles. The maximum absolute atomic E-state index is 11.5. The second-order valence-electron chi connectivity index (χ2n) is 3.44. The molecule has 17 heavy (non-hydrogen) atoms. The van der Waals surface area contributed by atoms with Crippen LogP contribution >= 0.6 is 23.7 Å². The van der Waals surface area contributed by atoms with Gasteiger partial charge in [0.1, 0.15) is 0 Å². The Labute approximate surface area is 110 Å². The van der Waals surface area contributed by atoms with Gasteiger partial charge in [0.25, 0.3) is 0 Å². The van der Waals surface area contributed by atoms with Crippen LogP contribution in [-0.2, 0) is 4.79 Å². The van der Waals surface area contributed by atoms with Gasteiger partial charge in [-0.3, -0.25) is 4.79 Å². The molecular formula is C11H14ClN3OS. The van der Waals surface area contributed by atoms with Crippen LogP contribution in [0.25, 0.3) is 10.2 Å². The van der Waals surface area contributed by atoms with Crippen molar-refractivity contribution in [3.05, 3.63) is 23.7 Å². The van der Waals surface area contributed by atoms with Crippen LogP contribution < -0.4 is 10.6 Å². The molecule has 0 aliphatic rings. The van der Waals surface area contributed by atoms with Gasteiger partial charge < -0.3 is 10.6 Å². The van der Waals surface area contributed by atoms with Crippen LogP contribution in [-0.4, -0.2) is 24.5 Å². The van der Waals surface area contributed by atoms with Crippen molar-refractivity contribution in [2.45, 2.75) is 6.42 Å². The number of rotatable bonds is 4. The lowest BCUT2D eigenvalue weighted by Gasteiger charge is -2.04. The van der Waals surface area contributed by atoms with Gasteiger partial charge in [0.15, 0.2) is 0 Å². The topological polar surface area (TPSA) is 54.0 Å². The number of hydrogen-bond acceptors (Lipinski definition) is 4. The van der Waals surface area contributed by atoms with E-state index in [-0.39, 0.29) is 18.3 Å². The average Bonchev–Trinajstić information content (AvgIpc) is 2.73. The summed E-state index contributed by atoms with van der Waals surface area (Å²) in [6.45, 7) is 0.685. The Morgan fingerprint density at radius 1 is 1.47 bits per heavy atom. The lowest BCUT2D eigenvalue weighted by molar-refractivity contribution is -0.116. The van der Waals surface area contributed by atoms with E-state index in [0.717, 1.165) is 15.9 Å². The van der Waals surface area contributed by atoms with Gasteiger partial charge in [0.2, 0.25) is 5.91 Å². The standard InChI is InChI=1S/C11H13N3OS.ClH/c1-12-5-4-11(15)14-8-2-3-10-9(6-8)13-7-16-10;/h2-3,6-7,12H,4-5H2,1H3,(H,14,15);1H. The number of carbonyl (C=O) groups is 1. The van der Waals surface area contributed by atoms with E-state index in [4.69, 9.17) is 0 Å². The molecule has 92 valence electrons. The van der Waals surface area contributed by atoms with E-state index < -0.39 is 0 Å². The number of aromatic nitrogens is 1. The monoisotopic (exact) mass is 271 g/mol. The first-order valence-electron chi connectivity index (χ1n) is 5.07. The summed E-state index contributed by atoms with van der Waals surface area (Å²) in [6, 6.07) is 5.77. The molecule has 0 fully saturated rings. The normalized spacial score (nSPS) is 9.94. The van der Waals surface area contributed by atoms with Gasteiger partial charge in [-0.05, 0) is 25.2 Å². The molecule has 2 N–H and O–H groups in total. The molecule has 1 heterocycles. The lowest BCUT2D eigenvalue weighted by atomic mass is 10.3. The van der Waals surface area contributed by atoms with Crippen molar-refractivity contribution >= 4 is 45.6 Å². The van der Waals surface area contributed by atoms with Crippen molar-refractivity contribution in [1.29, 1.82) is 0 Å². The summed E-state index contributed by atoms with van der Waals surface area (Å²) in [5, 5.41) is 5.78. The van der Waals surface area contributed by atoms with Gasteiger partial charge in [-0.1, -0.05) is 0 Å². The second-order valence-corrected chi connectivity index (χ2v) is 4.32. The lowest BCUT2D eigenvalue weighted by Crippen LogP contribution is -2.18. The number of nitrogens with one attached hydrogen (secondary N) is 2. The zero-order chi connectivity index (χ0) is 11.4. The first-order valence-corrected chi connectivity index (χ1v) is 5.95. The maximum Gasteiger partial charge on any atom is 0.225 e. The van der Waals surface area contributed by atoms with Crippen LogP contribution in [0.4, 0.5) is 5.69 Å². The molecule has 0 atom stereocenters. The predicted molar refractivity (Wildman–Crippen MR) is 74.0 cm³/mol. The van der Waals surface area contributed by atoms with Gasteiger partial charge >= 0.3 is 0 Å². The number of hydrogen-bond donors (Lipinski definition) is 2. The van der Waals surface area contributed by atoms with Crippen molar-refractivity contribution in [2.75, 3.05) is 18.9 Å². The predicted octanol–water partition coefficient (Wildman–Crippen LogP) is 2.27. The molecule has 6 heteroatoms. The zero-order valence-corrected chi connectivity index (χ0v) is 11.0. The summed E-state index contributed by atoms with van der Waals surface area (Å²) in [7, 11) is 1.83. The number of carbonyl (C=O) groups excluding carboxylic acids is 1. The van der Waals surface area contributed by atoms with Crippen molar-refractivity contribution in [3.63, 3.8) is 0 Å². The highest BCUT2D eigenvalue weighted by Gasteiger charge is 2.03. The molecule has 1 aromatic heterocycles. The third-order valence-electron chi connectivity index (χ3n) is 2.22. The Morgan fingerprint density at radius 2 is 2.29 bits per heavy atom. The number of thiazole rings is 1. The van der Waals surface area contributed by atoms with Crippen molar-refractivity contribution in [3.8, 4) is 0 Å². The molecule has 1 amide bonds. The van der Waals surface area contributed by atoms with E-state index in [2.05, 4.69) is 15.6 Å². The van der Waals surface area contributed by atoms with E-state index >= 15 is 0 Å². The smallest absolute Gasteiger partial charge is 0.225 e. The quantitative estimate of drug-likeness (QED) is 0.897. The van der Waals surface area contributed by atoms with Gasteiger partial charge in [-0.25, -0.2) is 4.98 Å². The second kappa shape index (κ2) is 6.54. The molecule has 4 nitrogen and oxygen atoms in total. The summed E-state index contributed by atoms with van der Waals surface area (Å²) in [6.07, 6.45) is 0.478. The Bertz CT molecular complexity index is 500. The number of anilines is 1. The zero-order valence-electron chi connectivity index (χ0n) is 9.40. The van der Waals surface area contributed by atoms with Crippen LogP contribution in [0.1, 0.15) is 6.42 Å². The van der Waals surface area contributed by atoms with Gasteiger partial charge in [0.05, 0.1) is 15.7 Å². The third-order valence-corrected chi connectivity index (χ3v) is 3.03. The fourth-order valence-corrected chi connectivity index (χ4v) is 2.06. The van der Waals surface area contributed by atoms with Crippen LogP contribution in [0.3, 0.4) is 0 Å². The van der Waals surface area contributed by atoms with E-state index in [1.54, 1.807) is 16.8 Å². The molecule has 2 rings (SSSR count). The minimum absolute atomic E-state index is 0. The summed E-state index contributed by atoms with van der Waals surface area (Å²) >= 11 is 1.59. The Hall–Kier alpha value is -1.17. The first kappa shape index (κ1) is 13.9. The van der Waals surface area contributed by atoms with Crippen molar-refractivity contribution in [1.82, 2.24) is 10.3 Å². The van der Waals surface area contributed by atoms with Crippen molar-refractivity contribution < 1.29 is 4.79 Å². The van der Waals surface area contributed by atoms with E-state index in [1.807, 2.05) is 25.2 Å². The summed E-state index contributed by atoms with van der Waals surface area (Å²) < 4.78 is 1.13. The SMILES string of the molecule is CNCCC(=O)Nc1ccc2scnc2c1.Cl. The highest BCUT2D eigenvalue weighted by atomic mass is 35.5. The minimum atomic E-state index is 0. The van der Waals surface area contributed by atoms with Crippen LogP contribution in [0, 0.1) is 0 Å². The number of fused-ring (bicyclic) bond motifs is 1. The molecule has 0 unspecified atom stereocenters. The molecule has 0 radical (unpaired) electrons. The molecule has 0 bridgehead atoms. The first-order chi connectivity index (χ1) is 7.79. The van der Waals surface area contributed by atoms with Gasteiger partial charge in [-0.15, -0.1) is 23.7 Å². The van der Waals surface area contributed by atoms with Gasteiger partial charge in [-0.2, -0.15) is 0 Å². The Balaban J connectivity index is 0.00000144. The fourth-order valence-electron chi connectivity index (χ4n) is 1.40. The molecular weight excluding hydrogens is 258 g/mol. The highest BCUT2D eigenvalue weighted by molar-refractivity contribution is 7.16. The maximum atomic E-state index is 11.5. The van der Waals surface area contributed by atoms with E-state index in [1.165, 1.54) is 0 Å². The molecule has 1 aromatic carbocycles. The molecule has 0 spiro atoms. The van der Waals surface area contributed by atoms with E-state index in [0.29, 0.717) is 13.0 Å². The van der Waals surface area contributed by atoms with E-state index in [9.17, 15) is 4.79 Å². The fraction of sp³-hybridized carbons (Fsp3) is 0.273. The van der Waals surface area contributed by atoms with Crippen LogP contribution in [0.15, 0.2) is 23.7 Å². The number of benzene rings is 1. The Morgan fingerprint density at radius 3 is 3.06 bits per heavy atom. The average molecular weight is 272 g/mol. The minimum Gasteiger partial charge on any atom is -0.326 e. The largest absolute Gasteiger partial charge is 0.326 e. The van der Waals surface area contributed by atoms with Gasteiger partial charge in [0, 0.05) is 18.7 Å². The molecule has 0 aliphatic carbocycles. The molecule has 0 aliphatic heterocycles. The summed E-state index contributed by atoms with van der Waals surface area (Å²) in [5.74, 6) is 0.0175. The van der Waals surface area contributed by atoms with Crippen LogP contribution in [0.5, 0.6) is 0 Å². The highest BCUT2D eigenvalue weighted by Crippen LogP contribution is 2.21. The third kappa shape index (κ3) is 3.66. The molecule has 0 saturated carbocycles.